The molecule has 0 radical (unpaired) electrons. The highest BCUT2D eigenvalue weighted by atomic mass is 32.2. The highest BCUT2D eigenvalue weighted by Crippen LogP contribution is 2.18. The van der Waals surface area contributed by atoms with Crippen LogP contribution >= 0.6 is 0 Å². The van der Waals surface area contributed by atoms with Crippen LogP contribution in [0.3, 0.4) is 0 Å². The fourth-order valence-electron chi connectivity index (χ4n) is 2.43. The molecule has 1 N–H and O–H groups in total. The van der Waals surface area contributed by atoms with E-state index in [9.17, 15) is 13.2 Å². The molecule has 0 bridgehead atoms. The Labute approximate surface area is 154 Å². The monoisotopic (exact) mass is 376 g/mol. The average Bonchev–Trinajstić information content (AvgIpc) is 2.61. The molecule has 0 aliphatic heterocycles. The van der Waals surface area contributed by atoms with E-state index in [0.29, 0.717) is 12.2 Å². The van der Waals surface area contributed by atoms with E-state index in [1.165, 1.54) is 4.31 Å². The quantitative estimate of drug-likeness (QED) is 0.768. The molecule has 6 nitrogen and oxygen atoms in total. The van der Waals surface area contributed by atoms with Crippen molar-refractivity contribution in [1.29, 1.82) is 0 Å². The number of benzene rings is 2. The predicted molar refractivity (Wildman–Crippen MR) is 103 cm³/mol. The van der Waals surface area contributed by atoms with Crippen LogP contribution in [0.25, 0.3) is 0 Å². The lowest BCUT2D eigenvalue weighted by Crippen LogP contribution is -2.34. The Bertz CT molecular complexity index is 831. The Morgan fingerprint density at radius 1 is 1.08 bits per heavy atom. The Kier molecular flexibility index (Phi) is 6.63. The fourth-order valence-corrected chi connectivity index (χ4v) is 3.36. The number of nitrogens with zero attached hydrogens (tertiary/aromatic N) is 1. The highest BCUT2D eigenvalue weighted by molar-refractivity contribution is 7.92. The second-order valence-corrected chi connectivity index (χ2v) is 7.95. The first kappa shape index (κ1) is 19.8. The van der Waals surface area contributed by atoms with E-state index in [2.05, 4.69) is 5.32 Å². The minimum atomic E-state index is -3.46. The van der Waals surface area contributed by atoms with Crippen molar-refractivity contribution in [3.63, 3.8) is 0 Å². The number of hydrogen-bond acceptors (Lipinski definition) is 4. The van der Waals surface area contributed by atoms with Crippen LogP contribution in [0.4, 0.5) is 5.69 Å². The lowest BCUT2D eigenvalue weighted by molar-refractivity contribution is -0.121. The molecule has 0 saturated carbocycles. The van der Waals surface area contributed by atoms with Crippen molar-refractivity contribution in [3.05, 3.63) is 59.7 Å². The summed E-state index contributed by atoms with van der Waals surface area (Å²) in [4.78, 5) is 12.1. The van der Waals surface area contributed by atoms with E-state index in [0.717, 1.165) is 23.1 Å². The van der Waals surface area contributed by atoms with Crippen molar-refractivity contribution in [2.24, 2.45) is 0 Å². The van der Waals surface area contributed by atoms with E-state index >= 15 is 0 Å². The lowest BCUT2D eigenvalue weighted by Gasteiger charge is -2.22. The lowest BCUT2D eigenvalue weighted by atomic mass is 10.2. The van der Waals surface area contributed by atoms with E-state index in [4.69, 9.17) is 4.74 Å². The summed E-state index contributed by atoms with van der Waals surface area (Å²) in [6.07, 6.45) is 1.22. The number of carbonyl (C=O) groups excluding carboxylic acids is 1. The normalized spacial score (nSPS) is 11.0. The molecular weight excluding hydrogens is 352 g/mol. The zero-order valence-electron chi connectivity index (χ0n) is 15.2. The molecule has 26 heavy (non-hydrogen) atoms. The Hall–Kier alpha value is -2.54. The summed E-state index contributed by atoms with van der Waals surface area (Å²) in [5.74, 6) is 0.545. The summed E-state index contributed by atoms with van der Waals surface area (Å²) in [5.41, 5.74) is 2.54. The first-order valence-corrected chi connectivity index (χ1v) is 10.1. The molecule has 2 rings (SSSR count). The number of rotatable bonds is 8. The van der Waals surface area contributed by atoms with Gasteiger partial charge in [0.2, 0.25) is 15.9 Å². The minimum absolute atomic E-state index is 0.0805. The van der Waals surface area contributed by atoms with Crippen molar-refractivity contribution in [2.45, 2.75) is 19.9 Å². The summed E-state index contributed by atoms with van der Waals surface area (Å²) >= 11 is 0. The maximum Gasteiger partial charge on any atom is 0.232 e. The van der Waals surface area contributed by atoms with Gasteiger partial charge in [0, 0.05) is 19.5 Å². The molecular formula is C19H24N2O4S. The maximum absolute atomic E-state index is 12.1. The van der Waals surface area contributed by atoms with Gasteiger partial charge in [0.05, 0.1) is 19.1 Å². The zero-order chi connectivity index (χ0) is 19.2. The first-order chi connectivity index (χ1) is 12.3. The number of ether oxygens (including phenoxy) is 1. The summed E-state index contributed by atoms with van der Waals surface area (Å²) in [6, 6.07) is 14.6. The van der Waals surface area contributed by atoms with Gasteiger partial charge in [-0.2, -0.15) is 0 Å². The molecule has 7 heteroatoms. The van der Waals surface area contributed by atoms with Crippen LogP contribution in [0.2, 0.25) is 0 Å². The van der Waals surface area contributed by atoms with Crippen LogP contribution in [-0.4, -0.2) is 34.2 Å². The van der Waals surface area contributed by atoms with Gasteiger partial charge >= 0.3 is 0 Å². The molecule has 140 valence electrons. The molecule has 0 atom stereocenters. The summed E-state index contributed by atoms with van der Waals surface area (Å²) in [5, 5.41) is 2.80. The molecule has 0 spiro atoms. The van der Waals surface area contributed by atoms with Gasteiger partial charge in [-0.25, -0.2) is 8.42 Å². The first-order valence-electron chi connectivity index (χ1n) is 8.23. The predicted octanol–water partition coefficient (Wildman–Crippen LogP) is 2.48. The van der Waals surface area contributed by atoms with Gasteiger partial charge in [0.25, 0.3) is 0 Å². The van der Waals surface area contributed by atoms with Crippen molar-refractivity contribution in [2.75, 3.05) is 24.2 Å². The van der Waals surface area contributed by atoms with Gasteiger partial charge in [-0.05, 0) is 36.8 Å². The summed E-state index contributed by atoms with van der Waals surface area (Å²) in [7, 11) is -1.87. The average molecular weight is 376 g/mol. The SMILES string of the molecule is COc1ccc(CNC(=O)CCN(c2ccc(C)cc2)S(C)(=O)=O)cc1. The topological polar surface area (TPSA) is 75.7 Å². The van der Waals surface area contributed by atoms with Crippen molar-refractivity contribution < 1.29 is 17.9 Å². The van der Waals surface area contributed by atoms with Crippen LogP contribution < -0.4 is 14.4 Å². The van der Waals surface area contributed by atoms with Crippen molar-refractivity contribution in [3.8, 4) is 5.75 Å². The van der Waals surface area contributed by atoms with Gasteiger partial charge in [0.15, 0.2) is 0 Å². The number of anilines is 1. The molecule has 0 saturated heterocycles. The van der Waals surface area contributed by atoms with Crippen LogP contribution in [-0.2, 0) is 21.4 Å². The number of sulfonamides is 1. The van der Waals surface area contributed by atoms with E-state index in [-0.39, 0.29) is 18.9 Å². The third kappa shape index (κ3) is 5.77. The highest BCUT2D eigenvalue weighted by Gasteiger charge is 2.18. The van der Waals surface area contributed by atoms with Gasteiger partial charge in [-0.3, -0.25) is 9.10 Å². The largest absolute Gasteiger partial charge is 0.497 e. The fraction of sp³-hybridized carbons (Fsp3) is 0.316. The van der Waals surface area contributed by atoms with Crippen LogP contribution in [0.5, 0.6) is 5.75 Å². The minimum Gasteiger partial charge on any atom is -0.497 e. The van der Waals surface area contributed by atoms with Crippen LogP contribution in [0.15, 0.2) is 48.5 Å². The zero-order valence-corrected chi connectivity index (χ0v) is 16.0. The smallest absolute Gasteiger partial charge is 0.232 e. The Morgan fingerprint density at radius 3 is 2.23 bits per heavy atom. The third-order valence-corrected chi connectivity index (χ3v) is 5.11. The standard InChI is InChI=1S/C19H24N2O4S/c1-15-4-8-17(9-5-15)21(26(3,23)24)13-12-19(22)20-14-16-6-10-18(25-2)11-7-16/h4-11H,12-14H2,1-3H3,(H,20,22). The second-order valence-electron chi connectivity index (χ2n) is 6.05. The number of aryl methyl sites for hydroxylation is 1. The van der Waals surface area contributed by atoms with Gasteiger partial charge in [-0.15, -0.1) is 0 Å². The van der Waals surface area contributed by atoms with Crippen molar-refractivity contribution in [1.82, 2.24) is 5.32 Å². The third-order valence-electron chi connectivity index (χ3n) is 3.91. The van der Waals surface area contributed by atoms with Crippen LogP contribution in [0.1, 0.15) is 17.5 Å². The van der Waals surface area contributed by atoms with Crippen molar-refractivity contribution >= 4 is 21.6 Å². The Morgan fingerprint density at radius 2 is 1.69 bits per heavy atom. The molecule has 2 aromatic rings. The van der Waals surface area contributed by atoms with E-state index in [1.54, 1.807) is 19.2 Å². The Balaban J connectivity index is 1.93. The second kappa shape index (κ2) is 8.71. The molecule has 0 fully saturated rings. The summed E-state index contributed by atoms with van der Waals surface area (Å²) in [6.45, 7) is 2.41. The molecule has 1 amide bonds. The molecule has 2 aromatic carbocycles. The van der Waals surface area contributed by atoms with Crippen LogP contribution in [0, 0.1) is 6.92 Å². The number of hydrogen-bond donors (Lipinski definition) is 1. The van der Waals surface area contributed by atoms with Gasteiger partial charge < -0.3 is 10.1 Å². The molecule has 0 unspecified atom stereocenters. The maximum atomic E-state index is 12.1. The van der Waals surface area contributed by atoms with Gasteiger partial charge in [-0.1, -0.05) is 29.8 Å². The number of amides is 1. The molecule has 0 aliphatic carbocycles. The van der Waals surface area contributed by atoms with Gasteiger partial charge in [0.1, 0.15) is 5.75 Å². The van der Waals surface area contributed by atoms with E-state index < -0.39 is 10.0 Å². The number of carbonyl (C=O) groups is 1. The summed E-state index contributed by atoms with van der Waals surface area (Å²) < 4.78 is 30.4. The van der Waals surface area contributed by atoms with E-state index in [1.807, 2.05) is 43.3 Å². The number of methoxy groups -OCH3 is 1. The molecule has 0 aliphatic rings. The molecule has 0 aromatic heterocycles. The number of nitrogens with one attached hydrogen (secondary N) is 1. The molecule has 0 heterocycles.